The van der Waals surface area contributed by atoms with Gasteiger partial charge >= 0.3 is 6.18 Å². The van der Waals surface area contributed by atoms with Crippen LogP contribution in [0.1, 0.15) is 66.3 Å². The predicted molar refractivity (Wildman–Crippen MR) is 140 cm³/mol. The van der Waals surface area contributed by atoms with E-state index >= 15 is 0 Å². The quantitative estimate of drug-likeness (QED) is 0.433. The number of halogens is 3. The van der Waals surface area contributed by atoms with Crippen LogP contribution in [-0.4, -0.2) is 41.8 Å². The number of anilines is 1. The van der Waals surface area contributed by atoms with Crippen molar-refractivity contribution in [2.24, 2.45) is 0 Å². The molecule has 7 nitrogen and oxygen atoms in total. The number of ether oxygens (including phenoxy) is 1. The Hall–Kier alpha value is -3.82. The third-order valence-electron chi connectivity index (χ3n) is 7.90. The molecule has 10 heteroatoms. The summed E-state index contributed by atoms with van der Waals surface area (Å²) in [6.07, 6.45) is -0.151. The van der Waals surface area contributed by atoms with E-state index in [1.165, 1.54) is 12.0 Å². The van der Waals surface area contributed by atoms with Crippen LogP contribution in [-0.2, 0) is 22.8 Å². The number of nitrogens with zero attached hydrogens (tertiary/aromatic N) is 3. The van der Waals surface area contributed by atoms with Crippen molar-refractivity contribution in [3.63, 3.8) is 0 Å². The first kappa shape index (κ1) is 26.8. The number of amides is 2. The second kappa shape index (κ2) is 10.4. The van der Waals surface area contributed by atoms with Crippen molar-refractivity contribution in [3.05, 3.63) is 71.0 Å². The summed E-state index contributed by atoms with van der Waals surface area (Å²) in [6, 6.07) is 14.0. The molecule has 3 aromatic rings. The highest BCUT2D eigenvalue weighted by molar-refractivity contribution is 6.07. The van der Waals surface area contributed by atoms with Gasteiger partial charge in [-0.25, -0.2) is 4.68 Å². The summed E-state index contributed by atoms with van der Waals surface area (Å²) in [5.74, 6) is 0.0195. The van der Waals surface area contributed by atoms with E-state index in [9.17, 15) is 22.8 Å². The van der Waals surface area contributed by atoms with Crippen LogP contribution in [0.2, 0.25) is 0 Å². The van der Waals surface area contributed by atoms with E-state index in [1.54, 1.807) is 24.3 Å². The smallest absolute Gasteiger partial charge is 0.435 e. The summed E-state index contributed by atoms with van der Waals surface area (Å²) >= 11 is 0. The molecule has 206 valence electrons. The van der Waals surface area contributed by atoms with Crippen LogP contribution in [0.5, 0.6) is 5.75 Å². The molecule has 1 aliphatic heterocycles. The topological polar surface area (TPSA) is 76.5 Å². The van der Waals surface area contributed by atoms with Crippen LogP contribution in [0.15, 0.2) is 48.5 Å². The van der Waals surface area contributed by atoms with Gasteiger partial charge in [0.25, 0.3) is 5.91 Å². The number of hydrogen-bond donors (Lipinski definition) is 1. The largest absolute Gasteiger partial charge is 0.497 e. The van der Waals surface area contributed by atoms with Gasteiger partial charge in [-0.05, 0) is 61.2 Å². The third-order valence-corrected chi connectivity index (χ3v) is 7.90. The molecule has 2 amide bonds. The minimum atomic E-state index is -4.69. The SMILES string of the molecule is CCC(=O)NCC1(c2ccc(N3CCc4c(C(F)(F)F)nn(-c5ccc(OC)cc5)c4C3=O)cc2)CCCC1. The first-order chi connectivity index (χ1) is 18.7. The van der Waals surface area contributed by atoms with E-state index in [1.807, 2.05) is 31.2 Å². The van der Waals surface area contributed by atoms with Gasteiger partial charge in [0.05, 0.1) is 12.8 Å². The van der Waals surface area contributed by atoms with Gasteiger partial charge in [0, 0.05) is 36.2 Å². The maximum Gasteiger partial charge on any atom is 0.435 e. The molecule has 1 N–H and O–H groups in total. The molecule has 0 atom stereocenters. The zero-order valence-corrected chi connectivity index (χ0v) is 22.0. The summed E-state index contributed by atoms with van der Waals surface area (Å²) in [6.45, 7) is 2.50. The molecule has 2 aliphatic rings. The van der Waals surface area contributed by atoms with Gasteiger partial charge in [-0.2, -0.15) is 18.3 Å². The average Bonchev–Trinajstić information content (AvgIpc) is 3.59. The fraction of sp³-hybridized carbons (Fsp3) is 0.414. The Morgan fingerprint density at radius 3 is 2.28 bits per heavy atom. The van der Waals surface area contributed by atoms with Gasteiger partial charge in [0.15, 0.2) is 5.69 Å². The van der Waals surface area contributed by atoms with E-state index in [4.69, 9.17) is 4.74 Å². The molecule has 1 aromatic heterocycles. The van der Waals surface area contributed by atoms with Crippen molar-refractivity contribution in [3.8, 4) is 11.4 Å². The number of aromatic nitrogens is 2. The predicted octanol–water partition coefficient (Wildman–Crippen LogP) is 5.44. The maximum absolute atomic E-state index is 13.9. The molecule has 0 radical (unpaired) electrons. The lowest BCUT2D eigenvalue weighted by Crippen LogP contribution is -2.40. The molecule has 0 bridgehead atoms. The Balaban J connectivity index is 1.47. The Morgan fingerprint density at radius 2 is 1.69 bits per heavy atom. The second-order valence-corrected chi connectivity index (χ2v) is 10.2. The van der Waals surface area contributed by atoms with Crippen LogP contribution >= 0.6 is 0 Å². The molecule has 0 spiro atoms. The molecule has 1 aliphatic carbocycles. The summed E-state index contributed by atoms with van der Waals surface area (Å²) in [7, 11) is 1.50. The van der Waals surface area contributed by atoms with Crippen LogP contribution in [0.4, 0.5) is 18.9 Å². The van der Waals surface area contributed by atoms with Crippen molar-refractivity contribution < 1.29 is 27.5 Å². The minimum Gasteiger partial charge on any atom is -0.497 e. The van der Waals surface area contributed by atoms with Crippen LogP contribution in [0.25, 0.3) is 5.69 Å². The second-order valence-electron chi connectivity index (χ2n) is 10.2. The number of carbonyl (C=O) groups is 2. The van der Waals surface area contributed by atoms with Gasteiger partial charge < -0.3 is 15.0 Å². The summed E-state index contributed by atoms with van der Waals surface area (Å²) in [5, 5.41) is 6.89. The lowest BCUT2D eigenvalue weighted by molar-refractivity contribution is -0.142. The molecule has 1 saturated carbocycles. The van der Waals surface area contributed by atoms with E-state index in [-0.39, 0.29) is 35.5 Å². The van der Waals surface area contributed by atoms with Crippen molar-refractivity contribution in [2.45, 2.75) is 57.0 Å². The van der Waals surface area contributed by atoms with Crippen molar-refractivity contribution in [1.29, 1.82) is 0 Å². The number of nitrogens with one attached hydrogen (secondary N) is 1. The van der Waals surface area contributed by atoms with E-state index in [2.05, 4.69) is 10.4 Å². The molecular formula is C29H31F3N4O3. The van der Waals surface area contributed by atoms with Crippen LogP contribution < -0.4 is 15.0 Å². The van der Waals surface area contributed by atoms with Gasteiger partial charge in [0.2, 0.25) is 5.91 Å². The molecule has 5 rings (SSSR count). The first-order valence-electron chi connectivity index (χ1n) is 13.2. The monoisotopic (exact) mass is 540 g/mol. The van der Waals surface area contributed by atoms with Crippen LogP contribution in [0.3, 0.4) is 0 Å². The normalized spacial score (nSPS) is 16.7. The number of carbonyl (C=O) groups excluding carboxylic acids is 2. The lowest BCUT2D eigenvalue weighted by Gasteiger charge is -2.32. The van der Waals surface area contributed by atoms with Crippen molar-refractivity contribution >= 4 is 17.5 Å². The first-order valence-corrected chi connectivity index (χ1v) is 13.2. The number of hydrogen-bond acceptors (Lipinski definition) is 4. The zero-order chi connectivity index (χ0) is 27.8. The molecular weight excluding hydrogens is 509 g/mol. The van der Waals surface area contributed by atoms with Gasteiger partial charge in [-0.15, -0.1) is 0 Å². The number of benzene rings is 2. The summed E-state index contributed by atoms with van der Waals surface area (Å²) in [4.78, 5) is 27.1. The van der Waals surface area contributed by atoms with E-state index in [0.29, 0.717) is 30.1 Å². The van der Waals surface area contributed by atoms with E-state index < -0.39 is 17.8 Å². The highest BCUT2D eigenvalue weighted by Gasteiger charge is 2.43. The highest BCUT2D eigenvalue weighted by Crippen LogP contribution is 2.42. The Labute approximate surface area is 224 Å². The maximum atomic E-state index is 13.9. The van der Waals surface area contributed by atoms with Crippen molar-refractivity contribution in [1.82, 2.24) is 15.1 Å². The Morgan fingerprint density at radius 1 is 1.05 bits per heavy atom. The number of rotatable bonds is 7. The van der Waals surface area contributed by atoms with Gasteiger partial charge in [-0.3, -0.25) is 9.59 Å². The Bertz CT molecular complexity index is 1360. The van der Waals surface area contributed by atoms with Gasteiger partial charge in [0.1, 0.15) is 11.4 Å². The highest BCUT2D eigenvalue weighted by atomic mass is 19.4. The fourth-order valence-electron chi connectivity index (χ4n) is 5.75. The average molecular weight is 541 g/mol. The molecule has 2 aromatic carbocycles. The standard InChI is InChI=1S/C29H31F3N4O3/c1-3-24(37)33-18-28(15-4-5-16-28)19-6-8-20(9-7-19)35-17-14-23-25(27(35)38)36(34-26(23)29(30,31)32)21-10-12-22(39-2)13-11-21/h6-13H,3-5,14-18H2,1-2H3,(H,33,37). The number of methoxy groups -OCH3 is 1. The summed E-state index contributed by atoms with van der Waals surface area (Å²) in [5.41, 5.74) is 0.672. The number of alkyl halides is 3. The molecule has 0 saturated heterocycles. The van der Waals surface area contributed by atoms with Gasteiger partial charge in [-0.1, -0.05) is 31.9 Å². The Kier molecular flexibility index (Phi) is 7.13. The third kappa shape index (κ3) is 4.99. The fourth-order valence-corrected chi connectivity index (χ4v) is 5.75. The van der Waals surface area contributed by atoms with Crippen molar-refractivity contribution in [2.75, 3.05) is 25.1 Å². The molecule has 1 fully saturated rings. The number of fused-ring (bicyclic) bond motifs is 1. The minimum absolute atomic E-state index is 0.0133. The molecule has 39 heavy (non-hydrogen) atoms. The lowest BCUT2D eigenvalue weighted by atomic mass is 9.78. The van der Waals surface area contributed by atoms with Crippen LogP contribution in [0, 0.1) is 0 Å². The summed E-state index contributed by atoms with van der Waals surface area (Å²) < 4.78 is 47.9. The molecule has 0 unspecified atom stereocenters. The molecule has 2 heterocycles. The van der Waals surface area contributed by atoms with E-state index in [0.717, 1.165) is 35.9 Å². The zero-order valence-electron chi connectivity index (χ0n) is 22.0.